The summed E-state index contributed by atoms with van der Waals surface area (Å²) in [4.78, 5) is 4.16. The van der Waals surface area contributed by atoms with E-state index < -0.39 is 9.84 Å². The highest BCUT2D eigenvalue weighted by Crippen LogP contribution is 2.14. The lowest BCUT2D eigenvalue weighted by Gasteiger charge is -2.16. The molecule has 0 saturated carbocycles. The molecule has 1 aliphatic heterocycles. The largest absolute Gasteiger partial charge is 0.493 e. The number of hydrogen-bond acceptors (Lipinski definition) is 5. The van der Waals surface area contributed by atoms with Gasteiger partial charge in [0.25, 0.3) is 0 Å². The van der Waals surface area contributed by atoms with Gasteiger partial charge in [-0.25, -0.2) is 8.42 Å². The number of sulfone groups is 1. The van der Waals surface area contributed by atoms with Crippen LogP contribution in [0.2, 0.25) is 0 Å². The van der Waals surface area contributed by atoms with Crippen LogP contribution in [0.25, 0.3) is 0 Å². The van der Waals surface area contributed by atoms with Gasteiger partial charge in [-0.3, -0.25) is 4.99 Å². The van der Waals surface area contributed by atoms with Gasteiger partial charge in [0.15, 0.2) is 15.8 Å². The molecule has 0 aliphatic carbocycles. The summed E-state index contributed by atoms with van der Waals surface area (Å²) in [6.07, 6.45) is 1.47. The second-order valence-corrected chi connectivity index (χ2v) is 8.24. The maximum absolute atomic E-state index is 11.5. The second kappa shape index (κ2) is 9.62. The molecule has 1 saturated heterocycles. The Morgan fingerprint density at radius 2 is 2.20 bits per heavy atom. The highest BCUT2D eigenvalue weighted by atomic mass is 32.2. The van der Waals surface area contributed by atoms with Crippen LogP contribution in [0.5, 0.6) is 5.75 Å². The predicted molar refractivity (Wildman–Crippen MR) is 98.8 cm³/mol. The van der Waals surface area contributed by atoms with Crippen molar-refractivity contribution in [2.24, 2.45) is 4.99 Å². The van der Waals surface area contributed by atoms with Gasteiger partial charge in [0.05, 0.1) is 18.1 Å². The molecule has 0 amide bonds. The molecule has 0 bridgehead atoms. The molecule has 2 rings (SSSR count). The van der Waals surface area contributed by atoms with Gasteiger partial charge >= 0.3 is 0 Å². The molecule has 0 spiro atoms. The first-order valence-electron chi connectivity index (χ1n) is 8.40. The molecule has 0 radical (unpaired) electrons. The van der Waals surface area contributed by atoms with Crippen LogP contribution < -0.4 is 15.4 Å². The average molecular weight is 369 g/mol. The summed E-state index contributed by atoms with van der Waals surface area (Å²) < 4.78 is 33.8. The third kappa shape index (κ3) is 6.91. The topological polar surface area (TPSA) is 89.0 Å². The summed E-state index contributed by atoms with van der Waals surface area (Å²) in [6, 6.07) is 7.77. The monoisotopic (exact) mass is 369 g/mol. The Bertz CT molecular complexity index is 676. The van der Waals surface area contributed by atoms with Crippen molar-refractivity contribution in [1.82, 2.24) is 10.6 Å². The van der Waals surface area contributed by atoms with Crippen LogP contribution in [0.15, 0.2) is 29.3 Å². The molecule has 1 aromatic rings. The zero-order valence-corrected chi connectivity index (χ0v) is 15.6. The van der Waals surface area contributed by atoms with E-state index >= 15 is 0 Å². The molecule has 1 aliphatic rings. The number of guanidine groups is 1. The minimum atomic E-state index is -2.91. The van der Waals surface area contributed by atoms with Crippen molar-refractivity contribution in [2.45, 2.75) is 25.4 Å². The number of nitrogens with zero attached hydrogens (tertiary/aromatic N) is 1. The van der Waals surface area contributed by atoms with Crippen molar-refractivity contribution in [1.29, 1.82) is 0 Å². The molecule has 1 aromatic carbocycles. The first-order valence-corrected chi connectivity index (χ1v) is 10.2. The first-order chi connectivity index (χ1) is 12.0. The zero-order valence-electron chi connectivity index (χ0n) is 14.8. The van der Waals surface area contributed by atoms with Crippen LogP contribution >= 0.6 is 0 Å². The van der Waals surface area contributed by atoms with Crippen LogP contribution in [0.1, 0.15) is 18.4 Å². The first kappa shape index (κ1) is 19.5. The van der Waals surface area contributed by atoms with Crippen molar-refractivity contribution in [3.63, 3.8) is 0 Å². The lowest BCUT2D eigenvalue weighted by Crippen LogP contribution is -2.43. The fourth-order valence-electron chi connectivity index (χ4n) is 2.62. The maximum atomic E-state index is 11.5. The standard InChI is InChI=1S/C17H27N3O4S/c1-18-17(20-15-7-10-25(21,22)13-15)19-12-14-5-3-6-16(11-14)24-9-4-8-23-2/h3,5-6,11,15H,4,7-10,12-13H2,1-2H3,(H2,18,19,20). The second-order valence-electron chi connectivity index (χ2n) is 6.01. The fraction of sp³-hybridized carbons (Fsp3) is 0.588. The zero-order chi connectivity index (χ0) is 18.1. The van der Waals surface area contributed by atoms with Crippen molar-refractivity contribution >= 4 is 15.8 Å². The van der Waals surface area contributed by atoms with E-state index in [9.17, 15) is 8.42 Å². The van der Waals surface area contributed by atoms with E-state index in [1.165, 1.54) is 0 Å². The Morgan fingerprint density at radius 1 is 1.36 bits per heavy atom. The Kier molecular flexibility index (Phi) is 7.52. The molecule has 1 atom stereocenters. The minimum absolute atomic E-state index is 0.0772. The van der Waals surface area contributed by atoms with Crippen molar-refractivity contribution in [2.75, 3.05) is 38.9 Å². The van der Waals surface area contributed by atoms with E-state index in [2.05, 4.69) is 15.6 Å². The summed E-state index contributed by atoms with van der Waals surface area (Å²) in [5, 5.41) is 6.38. The third-order valence-corrected chi connectivity index (χ3v) is 5.68. The third-order valence-electron chi connectivity index (χ3n) is 3.92. The lowest BCUT2D eigenvalue weighted by atomic mass is 10.2. The molecule has 7 nitrogen and oxygen atoms in total. The molecule has 1 unspecified atom stereocenters. The molecular formula is C17H27N3O4S. The van der Waals surface area contributed by atoms with E-state index in [1.807, 2.05) is 24.3 Å². The molecule has 140 valence electrons. The molecular weight excluding hydrogens is 342 g/mol. The SMILES string of the molecule is CN=C(NCc1cccc(OCCCOC)c1)NC1CCS(=O)(=O)C1. The summed E-state index contributed by atoms with van der Waals surface area (Å²) in [5.41, 5.74) is 1.06. The molecule has 1 fully saturated rings. The van der Waals surface area contributed by atoms with Gasteiger partial charge < -0.3 is 20.1 Å². The smallest absolute Gasteiger partial charge is 0.191 e. The summed E-state index contributed by atoms with van der Waals surface area (Å²) >= 11 is 0. The number of benzene rings is 1. The maximum Gasteiger partial charge on any atom is 0.191 e. The van der Waals surface area contributed by atoms with E-state index in [1.54, 1.807) is 14.2 Å². The number of nitrogens with one attached hydrogen (secondary N) is 2. The van der Waals surface area contributed by atoms with Gasteiger partial charge in [-0.2, -0.15) is 0 Å². The number of rotatable bonds is 8. The van der Waals surface area contributed by atoms with Crippen LogP contribution in [0, 0.1) is 0 Å². The van der Waals surface area contributed by atoms with Gasteiger partial charge in [0.2, 0.25) is 0 Å². The molecule has 0 aromatic heterocycles. The van der Waals surface area contributed by atoms with Crippen molar-refractivity contribution < 1.29 is 17.9 Å². The summed E-state index contributed by atoms with van der Waals surface area (Å²) in [5.74, 6) is 1.83. The Balaban J connectivity index is 1.81. The molecule has 1 heterocycles. The van der Waals surface area contributed by atoms with E-state index in [4.69, 9.17) is 9.47 Å². The number of methoxy groups -OCH3 is 1. The van der Waals surface area contributed by atoms with Crippen LogP contribution in [0.4, 0.5) is 0 Å². The van der Waals surface area contributed by atoms with Crippen LogP contribution in [-0.4, -0.2) is 59.3 Å². The lowest BCUT2D eigenvalue weighted by molar-refractivity contribution is 0.172. The van der Waals surface area contributed by atoms with Gasteiger partial charge in [0.1, 0.15) is 5.75 Å². The molecule has 2 N–H and O–H groups in total. The highest BCUT2D eigenvalue weighted by Gasteiger charge is 2.28. The number of ether oxygens (including phenoxy) is 2. The highest BCUT2D eigenvalue weighted by molar-refractivity contribution is 7.91. The normalized spacial score (nSPS) is 19.6. The summed E-state index contributed by atoms with van der Waals surface area (Å²) in [7, 11) is 0.444. The van der Waals surface area contributed by atoms with Crippen LogP contribution in [-0.2, 0) is 21.1 Å². The number of hydrogen-bond donors (Lipinski definition) is 2. The van der Waals surface area contributed by atoms with Crippen LogP contribution in [0.3, 0.4) is 0 Å². The van der Waals surface area contributed by atoms with Crippen molar-refractivity contribution in [3.8, 4) is 5.75 Å². The molecule has 25 heavy (non-hydrogen) atoms. The summed E-state index contributed by atoms with van der Waals surface area (Å²) in [6.45, 7) is 1.87. The van der Waals surface area contributed by atoms with Gasteiger partial charge in [-0.15, -0.1) is 0 Å². The van der Waals surface area contributed by atoms with Gasteiger partial charge in [-0.05, 0) is 24.1 Å². The number of aliphatic imine (C=N–C) groups is 1. The van der Waals surface area contributed by atoms with E-state index in [0.29, 0.717) is 32.1 Å². The van der Waals surface area contributed by atoms with E-state index in [0.717, 1.165) is 17.7 Å². The van der Waals surface area contributed by atoms with Gasteiger partial charge in [-0.1, -0.05) is 12.1 Å². The average Bonchev–Trinajstić information content (AvgIpc) is 2.94. The minimum Gasteiger partial charge on any atom is -0.493 e. The van der Waals surface area contributed by atoms with Gasteiger partial charge in [0, 0.05) is 39.8 Å². The van der Waals surface area contributed by atoms with E-state index in [-0.39, 0.29) is 17.5 Å². The Morgan fingerprint density at radius 3 is 2.88 bits per heavy atom. The van der Waals surface area contributed by atoms with Crippen molar-refractivity contribution in [3.05, 3.63) is 29.8 Å². The quantitative estimate of drug-likeness (QED) is 0.403. The Labute approximate surface area is 149 Å². The molecule has 8 heteroatoms. The fourth-order valence-corrected chi connectivity index (χ4v) is 4.29. The predicted octanol–water partition coefficient (Wildman–Crippen LogP) is 0.954. The Hall–Kier alpha value is -1.80.